The van der Waals surface area contributed by atoms with Crippen molar-refractivity contribution in [2.75, 3.05) is 25.1 Å². The van der Waals surface area contributed by atoms with Gasteiger partial charge in [-0.2, -0.15) is 0 Å². The van der Waals surface area contributed by atoms with Crippen LogP contribution in [0.15, 0.2) is 24.3 Å². The summed E-state index contributed by atoms with van der Waals surface area (Å²) in [6.45, 7) is 5.49. The van der Waals surface area contributed by atoms with Gasteiger partial charge in [-0.05, 0) is 49.9 Å². The summed E-state index contributed by atoms with van der Waals surface area (Å²) < 4.78 is 5.10. The van der Waals surface area contributed by atoms with Crippen LogP contribution in [0.25, 0.3) is 0 Å². The molecule has 1 atom stereocenters. The number of carbonyl (C=O) groups is 2. The van der Waals surface area contributed by atoms with Crippen LogP contribution in [-0.4, -0.2) is 42.4 Å². The van der Waals surface area contributed by atoms with Crippen LogP contribution >= 0.6 is 11.8 Å². The van der Waals surface area contributed by atoms with Crippen molar-refractivity contribution in [3.63, 3.8) is 0 Å². The Morgan fingerprint density at radius 1 is 1.35 bits per heavy atom. The smallest absolute Gasteiger partial charge is 0.304 e. The number of methoxy groups -OCH3 is 1. The van der Waals surface area contributed by atoms with Crippen molar-refractivity contribution in [2.24, 2.45) is 0 Å². The number of ether oxygens (including phenoxy) is 1. The van der Waals surface area contributed by atoms with E-state index in [1.807, 2.05) is 13.8 Å². The first-order valence-electron chi connectivity index (χ1n) is 7.62. The monoisotopic (exact) mass is 336 g/mol. The van der Waals surface area contributed by atoms with Gasteiger partial charge in [0.2, 0.25) is 11.8 Å². The zero-order valence-electron chi connectivity index (χ0n) is 13.6. The van der Waals surface area contributed by atoms with Gasteiger partial charge in [-0.3, -0.25) is 19.9 Å². The highest BCUT2D eigenvalue weighted by Gasteiger charge is 2.41. The number of nitrogens with one attached hydrogen (secondary N) is 2. The molecule has 0 aromatic heterocycles. The number of carbonyl (C=O) groups excluding carboxylic acids is 2. The second-order valence-electron chi connectivity index (χ2n) is 4.97. The van der Waals surface area contributed by atoms with Crippen LogP contribution in [0.3, 0.4) is 0 Å². The maximum atomic E-state index is 12.6. The van der Waals surface area contributed by atoms with Crippen LogP contribution in [0, 0.1) is 0 Å². The Kier molecular flexibility index (Phi) is 6.04. The summed E-state index contributed by atoms with van der Waals surface area (Å²) in [6.07, 6.45) is 0.204. The van der Waals surface area contributed by atoms with Crippen molar-refractivity contribution in [1.82, 2.24) is 5.32 Å². The topological polar surface area (TPSA) is 72.6 Å². The fraction of sp³-hybridized carbons (Fsp3) is 0.438. The zero-order valence-corrected chi connectivity index (χ0v) is 14.4. The van der Waals surface area contributed by atoms with Crippen molar-refractivity contribution in [2.45, 2.75) is 25.5 Å². The quantitative estimate of drug-likeness (QED) is 0.454. The Labute approximate surface area is 140 Å². The Morgan fingerprint density at radius 3 is 2.61 bits per heavy atom. The molecule has 7 heteroatoms. The van der Waals surface area contributed by atoms with E-state index < -0.39 is 5.25 Å². The number of nitrogens with zero attached hydrogens (tertiary/aromatic N) is 1. The van der Waals surface area contributed by atoms with Crippen LogP contribution < -0.4 is 19.9 Å². The summed E-state index contributed by atoms with van der Waals surface area (Å²) in [5.74, 6) is 0.331. The molecule has 0 aliphatic carbocycles. The van der Waals surface area contributed by atoms with E-state index in [1.165, 1.54) is 16.7 Å². The molecule has 1 aliphatic heterocycles. The minimum atomic E-state index is -0.405. The van der Waals surface area contributed by atoms with E-state index in [0.29, 0.717) is 11.4 Å². The van der Waals surface area contributed by atoms with Crippen molar-refractivity contribution in [3.8, 4) is 5.75 Å². The molecule has 0 radical (unpaired) electrons. The first-order valence-corrected chi connectivity index (χ1v) is 8.50. The molecule has 1 aliphatic rings. The van der Waals surface area contributed by atoms with Gasteiger partial charge in [0.15, 0.2) is 0 Å². The van der Waals surface area contributed by atoms with Gasteiger partial charge in [0.25, 0.3) is 0 Å². The second kappa shape index (κ2) is 8.01. The maximum Gasteiger partial charge on any atom is 0.304 e. The molecular formula is C16H22N3O3S+. The molecule has 1 heterocycles. The van der Waals surface area contributed by atoms with Gasteiger partial charge in [-0.1, -0.05) is 0 Å². The number of imide groups is 1. The van der Waals surface area contributed by atoms with E-state index in [4.69, 9.17) is 4.74 Å². The molecule has 1 aromatic carbocycles. The molecule has 1 saturated heterocycles. The Hall–Kier alpha value is -2.02. The van der Waals surface area contributed by atoms with Crippen molar-refractivity contribution in [3.05, 3.63) is 24.3 Å². The standard InChI is InChI=1S/C16H21N3O3S/c1-4-17-16(18-5-2)23-13-10-14(20)19(15(13)21)11-6-8-12(22-3)9-7-11/h6-9,13H,4-5,10H2,1-3H3,(H,17,18)/p+1/t13-/m0/s1. The molecule has 124 valence electrons. The van der Waals surface area contributed by atoms with E-state index in [0.717, 1.165) is 18.3 Å². The van der Waals surface area contributed by atoms with E-state index in [2.05, 4.69) is 10.3 Å². The highest BCUT2D eigenvalue weighted by atomic mass is 32.2. The SMILES string of the molecule is CCNC(=[NH+]CC)S[C@H]1CC(=O)N(c2ccc(OC)cc2)C1=O. The third-order valence-corrected chi connectivity index (χ3v) is 4.55. The lowest BCUT2D eigenvalue weighted by atomic mass is 10.3. The van der Waals surface area contributed by atoms with Gasteiger partial charge in [0.1, 0.15) is 11.0 Å². The lowest BCUT2D eigenvalue weighted by Crippen LogP contribution is -2.74. The van der Waals surface area contributed by atoms with Crippen molar-refractivity contribution >= 4 is 34.4 Å². The summed E-state index contributed by atoms with van der Waals surface area (Å²) >= 11 is 1.38. The van der Waals surface area contributed by atoms with Crippen LogP contribution in [0.1, 0.15) is 20.3 Å². The number of anilines is 1. The maximum absolute atomic E-state index is 12.6. The highest BCUT2D eigenvalue weighted by Crippen LogP contribution is 2.30. The molecule has 23 heavy (non-hydrogen) atoms. The largest absolute Gasteiger partial charge is 0.497 e. The summed E-state index contributed by atoms with van der Waals surface area (Å²) in [6, 6.07) is 6.93. The Balaban J connectivity index is 2.14. The molecule has 0 spiro atoms. The average molecular weight is 336 g/mol. The van der Waals surface area contributed by atoms with Crippen molar-refractivity contribution < 1.29 is 19.3 Å². The van der Waals surface area contributed by atoms with Gasteiger partial charge < -0.3 is 4.74 Å². The Bertz CT molecular complexity index is 601. The third kappa shape index (κ3) is 4.04. The number of amidine groups is 1. The van der Waals surface area contributed by atoms with E-state index in [9.17, 15) is 9.59 Å². The van der Waals surface area contributed by atoms with Gasteiger partial charge in [0.05, 0.1) is 25.9 Å². The highest BCUT2D eigenvalue weighted by molar-refractivity contribution is 8.14. The normalized spacial score (nSPS) is 18.5. The summed E-state index contributed by atoms with van der Waals surface area (Å²) in [7, 11) is 1.58. The molecule has 2 amide bonds. The second-order valence-corrected chi connectivity index (χ2v) is 6.18. The zero-order chi connectivity index (χ0) is 16.8. The van der Waals surface area contributed by atoms with Gasteiger partial charge in [-0.25, -0.2) is 4.90 Å². The van der Waals surface area contributed by atoms with Crippen LogP contribution in [0.4, 0.5) is 5.69 Å². The lowest BCUT2D eigenvalue weighted by Gasteiger charge is -2.15. The fourth-order valence-corrected chi connectivity index (χ4v) is 3.48. The van der Waals surface area contributed by atoms with Crippen molar-refractivity contribution in [1.29, 1.82) is 0 Å². The molecule has 1 fully saturated rings. The minimum absolute atomic E-state index is 0.176. The summed E-state index contributed by atoms with van der Waals surface area (Å²) in [5, 5.41) is 3.61. The van der Waals surface area contributed by atoms with E-state index in [1.54, 1.807) is 31.4 Å². The van der Waals surface area contributed by atoms with Crippen LogP contribution in [0.5, 0.6) is 5.75 Å². The summed E-state index contributed by atoms with van der Waals surface area (Å²) in [4.78, 5) is 29.3. The first kappa shape index (κ1) is 17.3. The number of hydrogen-bond donors (Lipinski definition) is 2. The van der Waals surface area contributed by atoms with Gasteiger partial charge in [-0.15, -0.1) is 0 Å². The predicted molar refractivity (Wildman–Crippen MR) is 91.7 cm³/mol. The van der Waals surface area contributed by atoms with Crippen LogP contribution in [0.2, 0.25) is 0 Å². The molecule has 0 saturated carbocycles. The summed E-state index contributed by atoms with van der Waals surface area (Å²) in [5.41, 5.74) is 0.581. The fourth-order valence-electron chi connectivity index (χ4n) is 2.31. The van der Waals surface area contributed by atoms with E-state index >= 15 is 0 Å². The molecule has 0 unspecified atom stereocenters. The number of hydrogen-bond acceptors (Lipinski definition) is 4. The number of amides is 2. The predicted octanol–water partition coefficient (Wildman–Crippen LogP) is 0.126. The molecule has 6 nitrogen and oxygen atoms in total. The number of rotatable bonds is 5. The number of benzene rings is 1. The molecular weight excluding hydrogens is 314 g/mol. The van der Waals surface area contributed by atoms with E-state index in [-0.39, 0.29) is 18.2 Å². The minimum Gasteiger partial charge on any atom is -0.497 e. The lowest BCUT2D eigenvalue weighted by molar-refractivity contribution is -0.451. The molecule has 2 N–H and O–H groups in total. The van der Waals surface area contributed by atoms with Gasteiger partial charge in [0, 0.05) is 6.42 Å². The third-order valence-electron chi connectivity index (χ3n) is 3.37. The molecule has 2 rings (SSSR count). The molecule has 1 aromatic rings. The van der Waals surface area contributed by atoms with Gasteiger partial charge >= 0.3 is 5.17 Å². The average Bonchev–Trinajstić information content (AvgIpc) is 2.82. The number of thioether (sulfide) groups is 1. The Morgan fingerprint density at radius 2 is 2.04 bits per heavy atom. The molecule has 0 bridgehead atoms. The first-order chi connectivity index (χ1) is 11.1. The van der Waals surface area contributed by atoms with Crippen LogP contribution in [-0.2, 0) is 9.59 Å².